The van der Waals surface area contributed by atoms with Crippen LogP contribution in [0.25, 0.3) is 0 Å². The van der Waals surface area contributed by atoms with Gasteiger partial charge in [0.05, 0.1) is 12.7 Å². The molecule has 1 saturated carbocycles. The maximum Gasteiger partial charge on any atom is 0.261 e. The zero-order valence-corrected chi connectivity index (χ0v) is 26.2. The van der Waals surface area contributed by atoms with Gasteiger partial charge in [-0.1, -0.05) is 93.6 Å². The van der Waals surface area contributed by atoms with Crippen LogP contribution >= 0.6 is 0 Å². The molecule has 6 rings (SSSR count). The number of rotatable bonds is 10. The Kier molecular flexibility index (Phi) is 8.25. The summed E-state index contributed by atoms with van der Waals surface area (Å²) >= 11 is 0. The van der Waals surface area contributed by atoms with E-state index in [1.165, 1.54) is 36.2 Å². The van der Waals surface area contributed by atoms with Crippen LogP contribution in [0.3, 0.4) is 0 Å². The van der Waals surface area contributed by atoms with E-state index >= 15 is 0 Å². The second-order valence-electron chi connectivity index (χ2n) is 13.8. The molecule has 3 fully saturated rings. The van der Waals surface area contributed by atoms with Crippen molar-refractivity contribution in [1.29, 1.82) is 0 Å². The molecule has 3 aromatic rings. The van der Waals surface area contributed by atoms with E-state index in [9.17, 15) is 4.39 Å². The zero-order valence-electron chi connectivity index (χ0n) is 25.2. The normalized spacial score (nSPS) is 26.3. The number of hydrogen-bond acceptors (Lipinski definition) is 3. The van der Waals surface area contributed by atoms with Crippen LogP contribution in [0.4, 0.5) is 4.39 Å². The molecule has 2 saturated heterocycles. The fraction of sp³-hybridized carbons (Fsp3) is 0.500. The summed E-state index contributed by atoms with van der Waals surface area (Å²) < 4.78 is 27.9. The highest BCUT2D eigenvalue weighted by atomic mass is 28.4. The van der Waals surface area contributed by atoms with Crippen LogP contribution in [0.5, 0.6) is 0 Å². The molecule has 2 aliphatic heterocycles. The lowest BCUT2D eigenvalue weighted by Crippen LogP contribution is -2.66. The van der Waals surface area contributed by atoms with Gasteiger partial charge in [0.25, 0.3) is 8.32 Å². The molecule has 5 heteroatoms. The van der Waals surface area contributed by atoms with Gasteiger partial charge in [0, 0.05) is 30.8 Å². The molecular weight excluding hydrogens is 525 g/mol. The van der Waals surface area contributed by atoms with Gasteiger partial charge in [-0.15, -0.1) is 0 Å². The molecule has 2 heterocycles. The number of halogens is 1. The van der Waals surface area contributed by atoms with Crippen LogP contribution in [0.15, 0.2) is 78.9 Å². The molecule has 1 aliphatic carbocycles. The molecule has 0 spiro atoms. The Morgan fingerprint density at radius 2 is 1.41 bits per heavy atom. The molecule has 0 N–H and O–H groups in total. The van der Waals surface area contributed by atoms with Gasteiger partial charge in [0.15, 0.2) is 0 Å². The van der Waals surface area contributed by atoms with E-state index < -0.39 is 8.32 Å². The minimum Gasteiger partial charge on any atom is -0.407 e. The summed E-state index contributed by atoms with van der Waals surface area (Å²) in [4.78, 5) is 2.79. The maximum absolute atomic E-state index is 14.3. The van der Waals surface area contributed by atoms with Crippen molar-refractivity contribution in [3.63, 3.8) is 0 Å². The van der Waals surface area contributed by atoms with Gasteiger partial charge in [-0.05, 0) is 77.9 Å². The second kappa shape index (κ2) is 11.8. The Morgan fingerprint density at radius 3 is 1.98 bits per heavy atom. The largest absolute Gasteiger partial charge is 0.407 e. The first-order valence-electron chi connectivity index (χ1n) is 15.6. The van der Waals surface area contributed by atoms with Crippen molar-refractivity contribution in [2.75, 3.05) is 13.2 Å². The molecule has 41 heavy (non-hydrogen) atoms. The number of nitrogens with zero attached hydrogens (tertiary/aromatic N) is 1. The molecule has 3 aromatic carbocycles. The molecular formula is C36H46FNO2Si. The lowest BCUT2D eigenvalue weighted by atomic mass is 9.99. The number of ether oxygens (including phenoxy) is 1. The summed E-state index contributed by atoms with van der Waals surface area (Å²) in [6.45, 7) is 11.5. The van der Waals surface area contributed by atoms with Crippen LogP contribution in [-0.4, -0.2) is 44.6 Å². The molecule has 2 unspecified atom stereocenters. The highest BCUT2D eigenvalue weighted by molar-refractivity contribution is 6.99. The van der Waals surface area contributed by atoms with Crippen LogP contribution < -0.4 is 10.4 Å². The van der Waals surface area contributed by atoms with Crippen molar-refractivity contribution in [2.24, 2.45) is 11.8 Å². The summed E-state index contributed by atoms with van der Waals surface area (Å²) in [5.41, 5.74) is 1.69. The molecule has 218 valence electrons. The van der Waals surface area contributed by atoms with Crippen LogP contribution in [0.2, 0.25) is 5.04 Å². The number of piperidine rings is 1. The minimum atomic E-state index is -2.48. The number of hydrogen-bond donors (Lipinski definition) is 0. The Balaban J connectivity index is 1.08. The zero-order chi connectivity index (χ0) is 28.6. The lowest BCUT2D eigenvalue weighted by Gasteiger charge is -2.43. The summed E-state index contributed by atoms with van der Waals surface area (Å²) in [5, 5.41) is 2.74. The van der Waals surface area contributed by atoms with E-state index in [-0.39, 0.29) is 17.0 Å². The third kappa shape index (κ3) is 5.84. The van der Waals surface area contributed by atoms with Crippen molar-refractivity contribution in [1.82, 2.24) is 4.90 Å². The fourth-order valence-corrected chi connectivity index (χ4v) is 12.3. The Hall–Kier alpha value is -2.31. The Labute approximate surface area is 247 Å². The van der Waals surface area contributed by atoms with Gasteiger partial charge in [0.1, 0.15) is 5.82 Å². The summed E-state index contributed by atoms with van der Waals surface area (Å²) in [7, 11) is -2.48. The first-order chi connectivity index (χ1) is 19.8. The van der Waals surface area contributed by atoms with E-state index in [1.54, 1.807) is 12.1 Å². The second-order valence-corrected chi connectivity index (χ2v) is 18.1. The molecule has 0 aromatic heterocycles. The van der Waals surface area contributed by atoms with Crippen molar-refractivity contribution in [3.05, 3.63) is 95.8 Å². The number of aryl methyl sites for hydroxylation is 1. The van der Waals surface area contributed by atoms with E-state index in [1.807, 2.05) is 13.0 Å². The van der Waals surface area contributed by atoms with Gasteiger partial charge in [0.2, 0.25) is 0 Å². The monoisotopic (exact) mass is 571 g/mol. The molecule has 3 nitrogen and oxygen atoms in total. The molecule has 2 bridgehead atoms. The first-order valence-corrected chi connectivity index (χ1v) is 17.5. The lowest BCUT2D eigenvalue weighted by molar-refractivity contribution is -0.0306. The van der Waals surface area contributed by atoms with E-state index in [0.717, 1.165) is 30.9 Å². The number of fused-ring (bicyclic) bond motifs is 2. The summed E-state index contributed by atoms with van der Waals surface area (Å²) in [5.74, 6) is 1.20. The fourth-order valence-electron chi connectivity index (χ4n) is 7.71. The summed E-state index contributed by atoms with van der Waals surface area (Å²) in [6.07, 6.45) is 6.16. The molecule has 0 amide bonds. The van der Waals surface area contributed by atoms with Crippen LogP contribution in [-0.2, 0) is 15.8 Å². The third-order valence-electron chi connectivity index (χ3n) is 10.1. The number of benzene rings is 3. The van der Waals surface area contributed by atoms with E-state index in [0.29, 0.717) is 30.2 Å². The highest BCUT2D eigenvalue weighted by Gasteiger charge is 2.52. The topological polar surface area (TPSA) is 21.7 Å². The average Bonchev–Trinajstić information content (AvgIpc) is 3.66. The molecule has 0 radical (unpaired) electrons. The van der Waals surface area contributed by atoms with Crippen LogP contribution in [0, 0.1) is 24.6 Å². The van der Waals surface area contributed by atoms with Crippen molar-refractivity contribution in [2.45, 2.75) is 89.6 Å². The first kappa shape index (κ1) is 28.8. The third-order valence-corrected chi connectivity index (χ3v) is 15.1. The van der Waals surface area contributed by atoms with Crippen molar-refractivity contribution < 1.29 is 13.6 Å². The standard InChI is InChI=1S/C36H46FNO2Si/c1-26-12-11-17-35(37)34(26)25-39-31-21-29-18-19-30(22-31)38(29)23-27-20-28(27)24-40-41(36(2,3)4,32-13-7-5-8-14-32)33-15-9-6-10-16-33/h5-17,27-31H,18-25H2,1-4H3/t27-,28-,29?,30?,31?/m0/s1. The van der Waals surface area contributed by atoms with Gasteiger partial charge < -0.3 is 9.16 Å². The van der Waals surface area contributed by atoms with Gasteiger partial charge in [-0.2, -0.15) is 0 Å². The molecule has 3 aliphatic rings. The van der Waals surface area contributed by atoms with Gasteiger partial charge in [-0.25, -0.2) is 4.39 Å². The quantitative estimate of drug-likeness (QED) is 0.248. The van der Waals surface area contributed by atoms with Crippen LogP contribution in [0.1, 0.15) is 64.0 Å². The predicted molar refractivity (Wildman–Crippen MR) is 168 cm³/mol. The minimum absolute atomic E-state index is 0.0162. The Bertz CT molecular complexity index is 1240. The van der Waals surface area contributed by atoms with Crippen molar-refractivity contribution >= 4 is 18.7 Å². The van der Waals surface area contributed by atoms with E-state index in [4.69, 9.17) is 9.16 Å². The predicted octanol–water partition coefficient (Wildman–Crippen LogP) is 6.86. The average molecular weight is 572 g/mol. The van der Waals surface area contributed by atoms with Gasteiger partial charge in [-0.3, -0.25) is 4.90 Å². The summed E-state index contributed by atoms with van der Waals surface area (Å²) in [6, 6.07) is 28.5. The SMILES string of the molecule is Cc1cccc(F)c1COC1CC2CCC(C1)N2C[C@@H]1C[C@H]1CO[Si](c1ccccc1)(c1ccccc1)C(C)(C)C. The highest BCUT2D eigenvalue weighted by Crippen LogP contribution is 2.46. The maximum atomic E-state index is 14.3. The smallest absolute Gasteiger partial charge is 0.261 e. The Morgan fingerprint density at radius 1 is 0.805 bits per heavy atom. The van der Waals surface area contributed by atoms with Crippen molar-refractivity contribution in [3.8, 4) is 0 Å². The van der Waals surface area contributed by atoms with E-state index in [2.05, 4.69) is 86.3 Å². The van der Waals surface area contributed by atoms with Gasteiger partial charge >= 0.3 is 0 Å². The molecule has 4 atom stereocenters.